The molecule has 0 fully saturated rings. The molecule has 0 aliphatic heterocycles. The molecule has 0 aromatic carbocycles. The van der Waals surface area contributed by atoms with Gasteiger partial charge in [0.2, 0.25) is 0 Å². The lowest BCUT2D eigenvalue weighted by Gasteiger charge is -2.24. The van der Waals surface area contributed by atoms with Crippen LogP contribution in [-0.2, 0) is 0 Å². The van der Waals surface area contributed by atoms with Crippen molar-refractivity contribution in [2.75, 3.05) is 13.6 Å². The van der Waals surface area contributed by atoms with Gasteiger partial charge in [-0.15, -0.1) is 0 Å². The highest BCUT2D eigenvalue weighted by atomic mass is 16.2. The van der Waals surface area contributed by atoms with Crippen LogP contribution in [0.2, 0.25) is 0 Å². The number of nitrogens with zero attached hydrogens (tertiary/aromatic N) is 2. The Morgan fingerprint density at radius 2 is 2.32 bits per heavy atom. The first-order valence-electron chi connectivity index (χ1n) is 6.52. The summed E-state index contributed by atoms with van der Waals surface area (Å²) in [7, 11) is 1.80. The highest BCUT2D eigenvalue weighted by molar-refractivity contribution is 5.94. The first kappa shape index (κ1) is 15.2. The maximum atomic E-state index is 12.4. The van der Waals surface area contributed by atoms with Crippen molar-refractivity contribution in [2.45, 2.75) is 32.7 Å². The molecular formula is C15H21N3O. The third kappa shape index (κ3) is 4.08. The van der Waals surface area contributed by atoms with Gasteiger partial charge in [-0.3, -0.25) is 4.79 Å². The van der Waals surface area contributed by atoms with E-state index >= 15 is 0 Å². The molecule has 1 unspecified atom stereocenters. The van der Waals surface area contributed by atoms with E-state index in [1.807, 2.05) is 6.92 Å². The fourth-order valence-corrected chi connectivity index (χ4v) is 1.80. The summed E-state index contributed by atoms with van der Waals surface area (Å²) in [4.78, 5) is 18.3. The monoisotopic (exact) mass is 259 g/mol. The van der Waals surface area contributed by atoms with Gasteiger partial charge >= 0.3 is 0 Å². The van der Waals surface area contributed by atoms with Crippen molar-refractivity contribution >= 4 is 5.91 Å². The minimum atomic E-state index is -0.0946. The van der Waals surface area contributed by atoms with Gasteiger partial charge in [0.15, 0.2) is 0 Å². The Balaban J connectivity index is 2.99. The molecule has 4 heteroatoms. The molecule has 1 atom stereocenters. The van der Waals surface area contributed by atoms with Crippen LogP contribution in [0.15, 0.2) is 18.3 Å². The number of aromatic nitrogens is 1. The number of rotatable bonds is 4. The predicted octanol–water partition coefficient (Wildman–Crippen LogP) is 1.65. The van der Waals surface area contributed by atoms with Gasteiger partial charge < -0.3 is 10.6 Å². The Hall–Kier alpha value is -1.86. The summed E-state index contributed by atoms with van der Waals surface area (Å²) in [6.45, 7) is 4.41. The van der Waals surface area contributed by atoms with Crippen molar-refractivity contribution < 1.29 is 4.79 Å². The van der Waals surface area contributed by atoms with Gasteiger partial charge in [-0.05, 0) is 25.5 Å². The molecule has 1 aromatic rings. The standard InChI is InChI=1S/C15H21N3O/c1-4-7-12(2)18(3)15(19)14-13(8-5-10-16)9-6-11-17-14/h6,9,11-12H,4,7,10,16H2,1-3H3. The third-order valence-corrected chi connectivity index (χ3v) is 3.02. The average molecular weight is 259 g/mol. The van der Waals surface area contributed by atoms with E-state index in [0.717, 1.165) is 12.8 Å². The molecule has 19 heavy (non-hydrogen) atoms. The Kier molecular flexibility index (Phi) is 6.04. The van der Waals surface area contributed by atoms with E-state index in [1.165, 1.54) is 0 Å². The van der Waals surface area contributed by atoms with Crippen molar-refractivity contribution in [3.8, 4) is 11.8 Å². The van der Waals surface area contributed by atoms with Crippen LogP contribution in [0.25, 0.3) is 0 Å². The topological polar surface area (TPSA) is 59.2 Å². The highest BCUT2D eigenvalue weighted by Gasteiger charge is 2.20. The van der Waals surface area contributed by atoms with E-state index in [1.54, 1.807) is 30.3 Å². The van der Waals surface area contributed by atoms with E-state index in [0.29, 0.717) is 11.3 Å². The van der Waals surface area contributed by atoms with Crippen molar-refractivity contribution in [2.24, 2.45) is 5.73 Å². The first-order chi connectivity index (χ1) is 9.11. The number of hydrogen-bond acceptors (Lipinski definition) is 3. The summed E-state index contributed by atoms with van der Waals surface area (Å²) >= 11 is 0. The molecule has 1 rings (SSSR count). The first-order valence-corrected chi connectivity index (χ1v) is 6.52. The lowest BCUT2D eigenvalue weighted by molar-refractivity contribution is 0.0730. The zero-order valence-corrected chi connectivity index (χ0v) is 11.8. The summed E-state index contributed by atoms with van der Waals surface area (Å²) in [5, 5.41) is 0. The molecule has 1 aromatic heterocycles. The summed E-state index contributed by atoms with van der Waals surface area (Å²) < 4.78 is 0. The number of amides is 1. The Morgan fingerprint density at radius 1 is 1.58 bits per heavy atom. The van der Waals surface area contributed by atoms with E-state index in [-0.39, 0.29) is 18.5 Å². The van der Waals surface area contributed by atoms with E-state index < -0.39 is 0 Å². The van der Waals surface area contributed by atoms with Crippen molar-refractivity contribution in [3.63, 3.8) is 0 Å². The molecule has 0 spiro atoms. The van der Waals surface area contributed by atoms with Crippen LogP contribution in [0, 0.1) is 11.8 Å². The van der Waals surface area contributed by atoms with Gasteiger partial charge in [0, 0.05) is 19.3 Å². The number of carbonyl (C=O) groups is 1. The number of pyridine rings is 1. The smallest absolute Gasteiger partial charge is 0.273 e. The van der Waals surface area contributed by atoms with Gasteiger partial charge in [0.25, 0.3) is 5.91 Å². The molecule has 4 nitrogen and oxygen atoms in total. The van der Waals surface area contributed by atoms with E-state index in [9.17, 15) is 4.79 Å². The largest absolute Gasteiger partial charge is 0.338 e. The molecule has 1 amide bonds. The van der Waals surface area contributed by atoms with Gasteiger partial charge in [-0.1, -0.05) is 25.2 Å². The number of nitrogens with two attached hydrogens (primary N) is 1. The second-order valence-corrected chi connectivity index (χ2v) is 4.46. The molecule has 0 bridgehead atoms. The second kappa shape index (κ2) is 7.55. The third-order valence-electron chi connectivity index (χ3n) is 3.02. The summed E-state index contributed by atoms with van der Waals surface area (Å²) in [5.41, 5.74) is 6.39. The summed E-state index contributed by atoms with van der Waals surface area (Å²) in [6, 6.07) is 3.75. The maximum Gasteiger partial charge on any atom is 0.273 e. The molecule has 0 aliphatic carbocycles. The highest BCUT2D eigenvalue weighted by Crippen LogP contribution is 2.11. The fraction of sp³-hybridized carbons (Fsp3) is 0.467. The molecule has 0 aliphatic rings. The van der Waals surface area contributed by atoms with Crippen LogP contribution in [-0.4, -0.2) is 35.4 Å². The van der Waals surface area contributed by atoms with Crippen LogP contribution in [0.5, 0.6) is 0 Å². The minimum absolute atomic E-state index is 0.0946. The Labute approximate surface area is 115 Å². The van der Waals surface area contributed by atoms with Crippen LogP contribution >= 0.6 is 0 Å². The zero-order chi connectivity index (χ0) is 14.3. The SMILES string of the molecule is CCCC(C)N(C)C(=O)c1ncccc1C#CCN. The molecule has 1 heterocycles. The lowest BCUT2D eigenvalue weighted by atomic mass is 10.1. The van der Waals surface area contributed by atoms with E-state index in [2.05, 4.69) is 23.7 Å². The van der Waals surface area contributed by atoms with Crippen molar-refractivity contribution in [3.05, 3.63) is 29.6 Å². The van der Waals surface area contributed by atoms with Crippen molar-refractivity contribution in [1.29, 1.82) is 0 Å². The van der Waals surface area contributed by atoms with Crippen molar-refractivity contribution in [1.82, 2.24) is 9.88 Å². The van der Waals surface area contributed by atoms with Crippen LogP contribution < -0.4 is 5.73 Å². The number of carbonyl (C=O) groups excluding carboxylic acids is 1. The number of hydrogen-bond donors (Lipinski definition) is 1. The maximum absolute atomic E-state index is 12.4. The molecule has 0 saturated heterocycles. The molecule has 0 saturated carbocycles. The second-order valence-electron chi connectivity index (χ2n) is 4.46. The quantitative estimate of drug-likeness (QED) is 0.836. The molecular weight excluding hydrogens is 238 g/mol. The summed E-state index contributed by atoms with van der Waals surface area (Å²) in [6.07, 6.45) is 3.62. The van der Waals surface area contributed by atoms with Gasteiger partial charge in [-0.2, -0.15) is 0 Å². The zero-order valence-electron chi connectivity index (χ0n) is 11.8. The Bertz CT molecular complexity index is 488. The Morgan fingerprint density at radius 3 is 2.95 bits per heavy atom. The van der Waals surface area contributed by atoms with Gasteiger partial charge in [0.1, 0.15) is 5.69 Å². The fourth-order valence-electron chi connectivity index (χ4n) is 1.80. The molecule has 102 valence electrons. The normalized spacial score (nSPS) is 11.4. The van der Waals surface area contributed by atoms with E-state index in [4.69, 9.17) is 5.73 Å². The predicted molar refractivity (Wildman–Crippen MR) is 76.6 cm³/mol. The average Bonchev–Trinajstić information content (AvgIpc) is 2.44. The van der Waals surface area contributed by atoms with Crippen LogP contribution in [0.3, 0.4) is 0 Å². The molecule has 0 radical (unpaired) electrons. The summed E-state index contributed by atoms with van der Waals surface area (Å²) in [5.74, 6) is 5.56. The van der Waals surface area contributed by atoms with Gasteiger partial charge in [0.05, 0.1) is 12.1 Å². The van der Waals surface area contributed by atoms with Crippen LogP contribution in [0.4, 0.5) is 0 Å². The van der Waals surface area contributed by atoms with Gasteiger partial charge in [-0.25, -0.2) is 4.98 Å². The lowest BCUT2D eigenvalue weighted by Crippen LogP contribution is -2.35. The minimum Gasteiger partial charge on any atom is -0.338 e. The van der Waals surface area contributed by atoms with Crippen LogP contribution in [0.1, 0.15) is 42.7 Å². The molecule has 2 N–H and O–H groups in total.